The van der Waals surface area contributed by atoms with Gasteiger partial charge in [0.05, 0.1) is 12.2 Å². The fourth-order valence-corrected chi connectivity index (χ4v) is 3.39. The molecule has 0 aromatic heterocycles. The molecule has 0 atom stereocenters. The average Bonchev–Trinajstić information content (AvgIpc) is 3.49. The second kappa shape index (κ2) is 8.82. The Balaban J connectivity index is 1.86. The van der Waals surface area contributed by atoms with E-state index >= 15 is 0 Å². The van der Waals surface area contributed by atoms with Crippen LogP contribution in [0.5, 0.6) is 0 Å². The molecule has 1 N–H and O–H groups in total. The molecule has 1 aliphatic heterocycles. The predicted molar refractivity (Wildman–Crippen MR) is 101 cm³/mol. The zero-order chi connectivity index (χ0) is 20.3. The van der Waals surface area contributed by atoms with Crippen molar-refractivity contribution >= 4 is 11.8 Å². The molecule has 3 rings (SSSR count). The van der Waals surface area contributed by atoms with Gasteiger partial charge in [-0.25, -0.2) is 13.6 Å². The Kier molecular flexibility index (Phi) is 6.44. The van der Waals surface area contributed by atoms with Crippen LogP contribution in [0.3, 0.4) is 0 Å². The smallest absolute Gasteiger partial charge is 0.343 e. The Labute approximate surface area is 163 Å². The first kappa shape index (κ1) is 20.5. The van der Waals surface area contributed by atoms with Gasteiger partial charge in [-0.15, -0.1) is 0 Å². The molecule has 0 radical (unpaired) electrons. The van der Waals surface area contributed by atoms with Crippen LogP contribution in [0.2, 0.25) is 0 Å². The number of ketones is 1. The molecule has 2 fully saturated rings. The van der Waals surface area contributed by atoms with E-state index < -0.39 is 29.0 Å². The molecule has 1 aromatic carbocycles. The van der Waals surface area contributed by atoms with E-state index in [0.29, 0.717) is 5.56 Å². The lowest BCUT2D eigenvalue weighted by atomic mass is 9.88. The largest absolute Gasteiger partial charge is 0.462 e. The van der Waals surface area contributed by atoms with E-state index in [1.54, 1.807) is 6.92 Å². The van der Waals surface area contributed by atoms with E-state index in [9.17, 15) is 18.4 Å². The number of hydrogen-bond donors (Lipinski definition) is 1. The third-order valence-corrected chi connectivity index (χ3v) is 5.27. The lowest BCUT2D eigenvalue weighted by Crippen LogP contribution is -2.29. The van der Waals surface area contributed by atoms with Crippen LogP contribution in [0.1, 0.15) is 54.4 Å². The van der Waals surface area contributed by atoms with E-state index in [4.69, 9.17) is 4.74 Å². The standard InChI is InChI=1S/C21H26F2N2O3/c1-3-28-21(27)17(12-24-14-4-5-14)20(26)16-11-18(22)15(10-19(16)23)13-6-8-25(2)9-7-13/h10-14,24H,3-9H2,1-2H3/b17-12+. The van der Waals surface area contributed by atoms with Gasteiger partial charge in [0.15, 0.2) is 0 Å². The van der Waals surface area contributed by atoms with Crippen LogP contribution in [0.25, 0.3) is 0 Å². The summed E-state index contributed by atoms with van der Waals surface area (Å²) in [4.78, 5) is 27.1. The van der Waals surface area contributed by atoms with Gasteiger partial charge in [0.25, 0.3) is 0 Å². The van der Waals surface area contributed by atoms with Gasteiger partial charge in [0.2, 0.25) is 5.78 Å². The SMILES string of the molecule is CCOC(=O)/C(=C/NC1CC1)C(=O)c1cc(F)c(C2CCN(C)CC2)cc1F. The molecule has 28 heavy (non-hydrogen) atoms. The number of rotatable bonds is 7. The minimum absolute atomic E-state index is 0.0774. The number of likely N-dealkylation sites (tertiary alicyclic amines) is 1. The van der Waals surface area contributed by atoms with E-state index in [1.807, 2.05) is 7.05 Å². The van der Waals surface area contributed by atoms with E-state index in [-0.39, 0.29) is 24.1 Å². The molecular formula is C21H26F2N2O3. The summed E-state index contributed by atoms with van der Waals surface area (Å²) in [5.74, 6) is -3.23. The van der Waals surface area contributed by atoms with Crippen molar-refractivity contribution < 1.29 is 23.1 Å². The maximum atomic E-state index is 14.7. The Morgan fingerprint density at radius 2 is 1.86 bits per heavy atom. The molecule has 152 valence electrons. The lowest BCUT2D eigenvalue weighted by Gasteiger charge is -2.29. The van der Waals surface area contributed by atoms with Gasteiger partial charge < -0.3 is 15.0 Å². The number of piperidine rings is 1. The van der Waals surface area contributed by atoms with Crippen molar-refractivity contribution in [3.8, 4) is 0 Å². The van der Waals surface area contributed by atoms with Gasteiger partial charge in [-0.1, -0.05) is 0 Å². The third-order valence-electron chi connectivity index (χ3n) is 5.27. The first-order valence-electron chi connectivity index (χ1n) is 9.76. The second-order valence-corrected chi connectivity index (χ2v) is 7.48. The van der Waals surface area contributed by atoms with Gasteiger partial charge >= 0.3 is 5.97 Å². The van der Waals surface area contributed by atoms with Gasteiger partial charge in [0.1, 0.15) is 17.2 Å². The molecule has 1 aromatic rings. The number of halogens is 2. The van der Waals surface area contributed by atoms with Gasteiger partial charge in [-0.3, -0.25) is 4.79 Å². The van der Waals surface area contributed by atoms with Gasteiger partial charge in [0, 0.05) is 12.2 Å². The van der Waals surface area contributed by atoms with Crippen molar-refractivity contribution in [3.05, 3.63) is 46.7 Å². The number of nitrogens with zero attached hydrogens (tertiary/aromatic N) is 1. The summed E-state index contributed by atoms with van der Waals surface area (Å²) >= 11 is 0. The number of carbonyl (C=O) groups excluding carboxylic acids is 2. The van der Waals surface area contributed by atoms with Crippen molar-refractivity contribution in [2.75, 3.05) is 26.7 Å². The van der Waals surface area contributed by atoms with E-state index in [2.05, 4.69) is 10.2 Å². The first-order valence-corrected chi connectivity index (χ1v) is 9.76. The third kappa shape index (κ3) is 4.76. The van der Waals surface area contributed by atoms with Gasteiger partial charge in [-0.05, 0) is 76.4 Å². The fraction of sp³-hybridized carbons (Fsp3) is 0.524. The van der Waals surface area contributed by atoms with Crippen LogP contribution in [0, 0.1) is 11.6 Å². The summed E-state index contributed by atoms with van der Waals surface area (Å²) in [5.41, 5.74) is -0.481. The first-order chi connectivity index (χ1) is 13.4. The zero-order valence-corrected chi connectivity index (χ0v) is 16.3. The Morgan fingerprint density at radius 3 is 2.46 bits per heavy atom. The molecule has 0 unspecified atom stereocenters. The summed E-state index contributed by atoms with van der Waals surface area (Å²) in [7, 11) is 1.99. The lowest BCUT2D eigenvalue weighted by molar-refractivity contribution is -0.138. The monoisotopic (exact) mass is 392 g/mol. The minimum Gasteiger partial charge on any atom is -0.462 e. The average molecular weight is 392 g/mol. The molecule has 2 aliphatic rings. The highest BCUT2D eigenvalue weighted by Gasteiger charge is 2.29. The summed E-state index contributed by atoms with van der Waals surface area (Å²) < 4.78 is 34.4. The molecule has 1 heterocycles. The maximum absolute atomic E-state index is 14.7. The number of esters is 1. The molecule has 1 saturated heterocycles. The van der Waals surface area contributed by atoms with Crippen molar-refractivity contribution in [1.82, 2.24) is 10.2 Å². The van der Waals surface area contributed by atoms with Crippen LogP contribution >= 0.6 is 0 Å². The molecular weight excluding hydrogens is 366 g/mol. The van der Waals surface area contributed by atoms with Crippen LogP contribution in [0.4, 0.5) is 8.78 Å². The summed E-state index contributed by atoms with van der Waals surface area (Å²) in [6, 6.07) is 2.22. The van der Waals surface area contributed by atoms with Crippen LogP contribution < -0.4 is 5.32 Å². The second-order valence-electron chi connectivity index (χ2n) is 7.48. The number of benzene rings is 1. The van der Waals surface area contributed by atoms with Crippen molar-refractivity contribution in [3.63, 3.8) is 0 Å². The molecule has 0 spiro atoms. The predicted octanol–water partition coefficient (Wildman–Crippen LogP) is 3.16. The molecule has 0 amide bonds. The quantitative estimate of drug-likeness (QED) is 0.254. The van der Waals surface area contributed by atoms with Gasteiger partial charge in [-0.2, -0.15) is 0 Å². The topological polar surface area (TPSA) is 58.6 Å². The highest BCUT2D eigenvalue weighted by molar-refractivity contribution is 6.24. The van der Waals surface area contributed by atoms with Crippen molar-refractivity contribution in [2.45, 2.75) is 44.6 Å². The van der Waals surface area contributed by atoms with Crippen molar-refractivity contribution in [2.24, 2.45) is 0 Å². The van der Waals surface area contributed by atoms with Crippen LogP contribution in [-0.4, -0.2) is 49.4 Å². The normalized spacial score (nSPS) is 18.8. The number of Topliss-reactive ketones (excluding diaryl/α,β-unsaturated/α-hetero) is 1. The van der Waals surface area contributed by atoms with Crippen LogP contribution in [-0.2, 0) is 9.53 Å². The minimum atomic E-state index is -0.877. The van der Waals surface area contributed by atoms with Crippen molar-refractivity contribution in [1.29, 1.82) is 0 Å². The number of carbonyl (C=O) groups is 2. The van der Waals surface area contributed by atoms with E-state index in [0.717, 1.165) is 50.9 Å². The fourth-order valence-electron chi connectivity index (χ4n) is 3.39. The molecule has 1 aliphatic carbocycles. The van der Waals surface area contributed by atoms with Crippen LogP contribution in [0.15, 0.2) is 23.9 Å². The highest BCUT2D eigenvalue weighted by atomic mass is 19.1. The zero-order valence-electron chi connectivity index (χ0n) is 16.3. The Bertz CT molecular complexity index is 782. The summed E-state index contributed by atoms with van der Waals surface area (Å²) in [5, 5.41) is 2.94. The number of nitrogens with one attached hydrogen (secondary N) is 1. The maximum Gasteiger partial charge on any atom is 0.343 e. The number of hydrogen-bond acceptors (Lipinski definition) is 5. The molecule has 5 nitrogen and oxygen atoms in total. The summed E-state index contributed by atoms with van der Waals surface area (Å²) in [6.07, 6.45) is 4.61. The molecule has 0 bridgehead atoms. The molecule has 7 heteroatoms. The highest BCUT2D eigenvalue weighted by Crippen LogP contribution is 2.31. The Hall–Kier alpha value is -2.28. The Morgan fingerprint density at radius 1 is 1.18 bits per heavy atom. The van der Waals surface area contributed by atoms with E-state index in [1.165, 1.54) is 6.20 Å². The molecule has 1 saturated carbocycles. The number of ether oxygens (including phenoxy) is 1. The summed E-state index contributed by atoms with van der Waals surface area (Å²) in [6.45, 7) is 3.33.